The Labute approximate surface area is 114 Å². The molecule has 0 heterocycles. The van der Waals surface area contributed by atoms with E-state index >= 15 is 0 Å². The van der Waals surface area contributed by atoms with Crippen LogP contribution in [0.15, 0.2) is 30.3 Å². The van der Waals surface area contributed by atoms with Gasteiger partial charge in [0.2, 0.25) is 0 Å². The van der Waals surface area contributed by atoms with E-state index in [9.17, 15) is 9.59 Å². The molecule has 1 atom stereocenters. The lowest BCUT2D eigenvalue weighted by Crippen LogP contribution is -2.34. The molecular weight excluding hydrogens is 260 g/mol. The minimum absolute atomic E-state index is 0.185. The number of hydrogen-bond acceptors (Lipinski definition) is 4. The molecule has 0 saturated carbocycles. The number of carbonyl (C=O) groups excluding carboxylic acids is 2. The van der Waals surface area contributed by atoms with Crippen molar-refractivity contribution in [2.24, 2.45) is 0 Å². The van der Waals surface area contributed by atoms with E-state index in [0.29, 0.717) is 6.04 Å². The van der Waals surface area contributed by atoms with Gasteiger partial charge in [0.15, 0.2) is 6.10 Å². The molecule has 0 fully saturated rings. The lowest BCUT2D eigenvalue weighted by molar-refractivity contribution is -0.153. The molecule has 0 aliphatic carbocycles. The molecule has 1 rings (SSSR count). The van der Waals surface area contributed by atoms with Crippen LogP contribution < -0.4 is 0 Å². The fraction of sp³-hybridized carbons (Fsp3) is 0.429. The highest BCUT2D eigenvalue weighted by molar-refractivity contribution is 6.76. The summed E-state index contributed by atoms with van der Waals surface area (Å²) in [5, 5.41) is 0. The van der Waals surface area contributed by atoms with Crippen molar-refractivity contribution in [2.45, 2.75) is 38.4 Å². The molecule has 0 aliphatic rings. The average Bonchev–Trinajstić information content (AvgIpc) is 2.35. The molecule has 4 nitrogen and oxygen atoms in total. The third-order valence-corrected chi connectivity index (χ3v) is 4.07. The van der Waals surface area contributed by atoms with E-state index in [4.69, 9.17) is 9.47 Å². The molecule has 5 heteroatoms. The van der Waals surface area contributed by atoms with Crippen molar-refractivity contribution >= 4 is 20.5 Å². The van der Waals surface area contributed by atoms with Gasteiger partial charge < -0.3 is 9.47 Å². The van der Waals surface area contributed by atoms with Crippen LogP contribution in [0.25, 0.3) is 0 Å². The predicted molar refractivity (Wildman–Crippen MR) is 75.0 cm³/mol. The van der Waals surface area contributed by atoms with E-state index in [-0.39, 0.29) is 6.61 Å². The Bertz CT molecular complexity index is 411. The largest absolute Gasteiger partial charge is 0.458 e. The molecule has 0 N–H and O–H groups in total. The molecule has 19 heavy (non-hydrogen) atoms. The third kappa shape index (κ3) is 6.19. The van der Waals surface area contributed by atoms with Crippen molar-refractivity contribution in [3.8, 4) is 0 Å². The Morgan fingerprint density at radius 3 is 2.42 bits per heavy atom. The van der Waals surface area contributed by atoms with Gasteiger partial charge in [-0.1, -0.05) is 50.0 Å². The highest BCUT2D eigenvalue weighted by Gasteiger charge is 2.29. The summed E-state index contributed by atoms with van der Waals surface area (Å²) in [5.74, 6) is -0.505. The maximum Gasteiger partial charge on any atom is 0.418 e. The van der Waals surface area contributed by atoms with E-state index < -0.39 is 20.1 Å². The van der Waals surface area contributed by atoms with E-state index in [0.717, 1.165) is 5.56 Å². The maximum atomic E-state index is 11.9. The lowest BCUT2D eigenvalue weighted by Gasteiger charge is -2.21. The van der Waals surface area contributed by atoms with Crippen molar-refractivity contribution in [1.82, 2.24) is 0 Å². The van der Waals surface area contributed by atoms with Gasteiger partial charge in [0.05, 0.1) is 0 Å². The Morgan fingerprint density at radius 1 is 1.26 bits per heavy atom. The minimum Gasteiger partial charge on any atom is -0.458 e. The summed E-state index contributed by atoms with van der Waals surface area (Å²) in [6, 6.07) is 9.91. The fourth-order valence-corrected chi connectivity index (χ4v) is 2.97. The van der Waals surface area contributed by atoms with Gasteiger partial charge in [0, 0.05) is 8.07 Å². The van der Waals surface area contributed by atoms with Crippen molar-refractivity contribution in [1.29, 1.82) is 0 Å². The highest BCUT2D eigenvalue weighted by atomic mass is 28.3. The molecule has 0 amide bonds. The van der Waals surface area contributed by atoms with E-state index in [1.165, 1.54) is 6.47 Å². The van der Waals surface area contributed by atoms with E-state index in [1.54, 1.807) is 0 Å². The molecule has 0 bridgehead atoms. The smallest absolute Gasteiger partial charge is 0.418 e. The van der Waals surface area contributed by atoms with E-state index in [1.807, 2.05) is 30.3 Å². The normalized spacial score (nSPS) is 12.6. The molecule has 0 aliphatic heterocycles. The van der Waals surface area contributed by atoms with Gasteiger partial charge in [-0.3, -0.25) is 0 Å². The summed E-state index contributed by atoms with van der Waals surface area (Å²) in [6.07, 6.45) is -0.840. The van der Waals surface area contributed by atoms with Crippen LogP contribution in [-0.2, 0) is 25.7 Å². The summed E-state index contributed by atoms with van der Waals surface area (Å²) in [4.78, 5) is 22.2. The predicted octanol–water partition coefficient (Wildman–Crippen LogP) is 2.52. The first-order valence-corrected chi connectivity index (χ1v) is 9.86. The van der Waals surface area contributed by atoms with Gasteiger partial charge in [0.1, 0.15) is 6.61 Å². The van der Waals surface area contributed by atoms with Crippen LogP contribution in [0.4, 0.5) is 0 Å². The number of rotatable bonds is 7. The first-order valence-electron chi connectivity index (χ1n) is 6.16. The van der Waals surface area contributed by atoms with Crippen LogP contribution in [-0.4, -0.2) is 26.6 Å². The molecule has 1 aromatic rings. The van der Waals surface area contributed by atoms with Crippen molar-refractivity contribution in [3.05, 3.63) is 35.9 Å². The van der Waals surface area contributed by atoms with Gasteiger partial charge in [0.25, 0.3) is 0 Å². The molecule has 0 aromatic heterocycles. The summed E-state index contributed by atoms with van der Waals surface area (Å²) < 4.78 is 9.89. The van der Waals surface area contributed by atoms with Crippen LogP contribution in [0.1, 0.15) is 5.56 Å². The number of ether oxygens (including phenoxy) is 2. The quantitative estimate of drug-likeness (QED) is 0.568. The monoisotopic (exact) mass is 279 g/mol. The van der Waals surface area contributed by atoms with Crippen molar-refractivity contribution in [2.75, 3.05) is 0 Å². The van der Waals surface area contributed by atoms with Gasteiger partial charge in [-0.25, -0.2) is 9.59 Å². The second kappa shape index (κ2) is 7.09. The van der Waals surface area contributed by atoms with Crippen LogP contribution in [0, 0.1) is 0 Å². The first kappa shape index (κ1) is 15.4. The standard InChI is InChI=1S/C14H19O4Si/c1-19(2,3)10-13(18-11-15)14(16)17-9-12-7-5-4-6-8-12/h4-8,13H,9-10H2,1-3H3. The molecule has 0 spiro atoms. The van der Waals surface area contributed by atoms with Crippen LogP contribution >= 0.6 is 0 Å². The Kier molecular flexibility index (Phi) is 5.76. The molecule has 1 unspecified atom stereocenters. The van der Waals surface area contributed by atoms with Gasteiger partial charge in [-0.05, 0) is 11.6 Å². The molecular formula is C14H19O4Si. The summed E-state index contributed by atoms with van der Waals surface area (Å²) in [7, 11) is -1.53. The second-order valence-corrected chi connectivity index (χ2v) is 11.1. The van der Waals surface area contributed by atoms with Crippen molar-refractivity contribution < 1.29 is 19.1 Å². The Hall–Kier alpha value is -1.62. The molecule has 1 aromatic carbocycles. The zero-order valence-corrected chi connectivity index (χ0v) is 12.5. The van der Waals surface area contributed by atoms with Crippen LogP contribution in [0.5, 0.6) is 0 Å². The topological polar surface area (TPSA) is 52.6 Å². The van der Waals surface area contributed by atoms with Crippen LogP contribution in [0.3, 0.4) is 0 Å². The van der Waals surface area contributed by atoms with E-state index in [2.05, 4.69) is 19.6 Å². The summed E-state index contributed by atoms with van der Waals surface area (Å²) >= 11 is 0. The van der Waals surface area contributed by atoms with Gasteiger partial charge in [-0.15, -0.1) is 0 Å². The third-order valence-electron chi connectivity index (χ3n) is 2.47. The Balaban J connectivity index is 2.55. The van der Waals surface area contributed by atoms with Gasteiger partial charge >= 0.3 is 12.4 Å². The molecule has 1 radical (unpaired) electrons. The summed E-state index contributed by atoms with van der Waals surface area (Å²) in [6.45, 7) is 7.81. The first-order chi connectivity index (χ1) is 8.92. The van der Waals surface area contributed by atoms with Gasteiger partial charge in [-0.2, -0.15) is 0 Å². The summed E-state index contributed by atoms with van der Waals surface area (Å²) in [5.41, 5.74) is 0.901. The average molecular weight is 279 g/mol. The van der Waals surface area contributed by atoms with Crippen molar-refractivity contribution in [3.63, 3.8) is 0 Å². The lowest BCUT2D eigenvalue weighted by atomic mass is 10.2. The number of benzene rings is 1. The minimum atomic E-state index is -1.53. The Morgan fingerprint density at radius 2 is 1.89 bits per heavy atom. The zero-order chi connectivity index (χ0) is 14.3. The van der Waals surface area contributed by atoms with Crippen LogP contribution in [0.2, 0.25) is 25.7 Å². The fourth-order valence-electron chi connectivity index (χ4n) is 1.61. The molecule has 0 saturated heterocycles. The maximum absolute atomic E-state index is 11.9. The zero-order valence-electron chi connectivity index (χ0n) is 11.5. The number of carbonyl (C=O) groups is 1. The highest BCUT2D eigenvalue weighted by Crippen LogP contribution is 2.15. The number of esters is 1. The number of hydrogen-bond donors (Lipinski definition) is 0. The second-order valence-electron chi connectivity index (χ2n) is 5.55. The SMILES string of the molecule is C[Si](C)(C)CC(O[C]=O)C(=O)OCc1ccccc1. The molecule has 103 valence electrons.